The van der Waals surface area contributed by atoms with E-state index < -0.39 is 11.5 Å². The first-order chi connectivity index (χ1) is 11.2. The maximum atomic E-state index is 11.6. The Morgan fingerprint density at radius 3 is 2.70 bits per heavy atom. The highest BCUT2D eigenvalue weighted by molar-refractivity contribution is 5.76. The van der Waals surface area contributed by atoms with Crippen LogP contribution in [0.4, 0.5) is 0 Å². The summed E-state index contributed by atoms with van der Waals surface area (Å²) < 4.78 is 5.60. The van der Waals surface area contributed by atoms with E-state index >= 15 is 0 Å². The lowest BCUT2D eigenvalue weighted by atomic mass is 9.99. The molecule has 122 valence electrons. The molecule has 0 unspecified atom stereocenters. The number of aliphatic carboxylic acids is 1. The predicted octanol–water partition coefficient (Wildman–Crippen LogP) is 1.79. The highest BCUT2D eigenvalue weighted by Crippen LogP contribution is 2.35. The number of carbonyl (C=O) groups is 1. The van der Waals surface area contributed by atoms with Gasteiger partial charge in [0.15, 0.2) is 11.4 Å². The van der Waals surface area contributed by atoms with Crippen LogP contribution >= 0.6 is 0 Å². The molecule has 3 rings (SSSR count). The van der Waals surface area contributed by atoms with Crippen molar-refractivity contribution in [3.8, 4) is 0 Å². The van der Waals surface area contributed by atoms with Gasteiger partial charge in [-0.25, -0.2) is 4.79 Å². The van der Waals surface area contributed by atoms with Crippen LogP contribution in [-0.4, -0.2) is 37.9 Å². The molecule has 1 fully saturated rings. The molecule has 0 atom stereocenters. The van der Waals surface area contributed by atoms with Crippen LogP contribution < -0.4 is 0 Å². The van der Waals surface area contributed by atoms with E-state index in [1.165, 1.54) is 4.80 Å². The summed E-state index contributed by atoms with van der Waals surface area (Å²) in [6, 6.07) is 9.92. The molecule has 0 amide bonds. The third kappa shape index (κ3) is 3.39. The number of hydrogen-bond donors (Lipinski definition) is 1. The zero-order valence-electron chi connectivity index (χ0n) is 12.9. The molecule has 0 bridgehead atoms. The highest BCUT2D eigenvalue weighted by Gasteiger charge is 2.45. The van der Waals surface area contributed by atoms with Crippen molar-refractivity contribution in [3.05, 3.63) is 41.7 Å². The smallest absolute Gasteiger partial charge is 0.333 e. The highest BCUT2D eigenvalue weighted by atomic mass is 16.5. The Kier molecular flexibility index (Phi) is 4.66. The van der Waals surface area contributed by atoms with E-state index in [-0.39, 0.29) is 0 Å². The molecule has 0 saturated heterocycles. The quantitative estimate of drug-likeness (QED) is 0.783. The topological polar surface area (TPSA) is 90.1 Å². The third-order valence-electron chi connectivity index (χ3n) is 4.25. The molecular formula is C16H20N4O3. The van der Waals surface area contributed by atoms with Gasteiger partial charge in [0.2, 0.25) is 0 Å². The maximum absolute atomic E-state index is 11.6. The molecule has 2 aromatic rings. The third-order valence-corrected chi connectivity index (χ3v) is 4.25. The van der Waals surface area contributed by atoms with Crippen molar-refractivity contribution in [2.75, 3.05) is 6.61 Å². The molecule has 1 aliphatic rings. The second kappa shape index (κ2) is 6.87. The number of nitrogens with zero attached hydrogens (tertiary/aromatic N) is 4. The molecule has 1 aliphatic carbocycles. The first-order valence-electron chi connectivity index (χ1n) is 7.85. The summed E-state index contributed by atoms with van der Waals surface area (Å²) in [5, 5.41) is 21.7. The Morgan fingerprint density at radius 2 is 2.00 bits per heavy atom. The molecule has 23 heavy (non-hydrogen) atoms. The minimum Gasteiger partial charge on any atom is -0.479 e. The van der Waals surface area contributed by atoms with Gasteiger partial charge in [0.05, 0.1) is 13.2 Å². The average Bonchev–Trinajstić information content (AvgIpc) is 3.22. The van der Waals surface area contributed by atoms with E-state index in [1.807, 2.05) is 30.3 Å². The molecule has 0 aliphatic heterocycles. The Bertz CT molecular complexity index is 650. The van der Waals surface area contributed by atoms with Crippen molar-refractivity contribution < 1.29 is 14.6 Å². The van der Waals surface area contributed by atoms with Crippen LogP contribution in [0.1, 0.15) is 37.1 Å². The van der Waals surface area contributed by atoms with Crippen LogP contribution in [0.15, 0.2) is 30.3 Å². The number of ether oxygens (including phenoxy) is 1. The second-order valence-corrected chi connectivity index (χ2v) is 5.83. The molecule has 1 heterocycles. The Labute approximate surface area is 134 Å². The molecule has 0 spiro atoms. The summed E-state index contributed by atoms with van der Waals surface area (Å²) in [7, 11) is 0. The standard InChI is InChI=1S/C16H20N4O3/c21-15(22)16(9-4-5-10-16)20-18-14(17-19-20)8-11-23-12-13-6-2-1-3-7-13/h1-3,6-7H,4-5,8-12H2,(H,21,22). The van der Waals surface area contributed by atoms with Gasteiger partial charge in [-0.3, -0.25) is 0 Å². The number of tetrazole rings is 1. The summed E-state index contributed by atoms with van der Waals surface area (Å²) in [5.74, 6) is -0.357. The second-order valence-electron chi connectivity index (χ2n) is 5.83. The van der Waals surface area contributed by atoms with E-state index in [0.717, 1.165) is 18.4 Å². The van der Waals surface area contributed by atoms with Crippen molar-refractivity contribution in [1.82, 2.24) is 20.2 Å². The van der Waals surface area contributed by atoms with E-state index in [1.54, 1.807) is 0 Å². The van der Waals surface area contributed by atoms with Gasteiger partial charge in [-0.1, -0.05) is 43.2 Å². The number of aromatic nitrogens is 4. The van der Waals surface area contributed by atoms with Gasteiger partial charge in [-0.15, -0.1) is 15.0 Å². The van der Waals surface area contributed by atoms with Gasteiger partial charge < -0.3 is 9.84 Å². The summed E-state index contributed by atoms with van der Waals surface area (Å²) in [6.07, 6.45) is 3.39. The van der Waals surface area contributed by atoms with Gasteiger partial charge in [0.1, 0.15) is 0 Å². The fourth-order valence-electron chi connectivity index (χ4n) is 2.91. The normalized spacial score (nSPS) is 16.5. The van der Waals surface area contributed by atoms with Crippen molar-refractivity contribution in [2.24, 2.45) is 0 Å². The Hall–Kier alpha value is -2.28. The van der Waals surface area contributed by atoms with Crippen LogP contribution in [0.5, 0.6) is 0 Å². The summed E-state index contributed by atoms with van der Waals surface area (Å²) >= 11 is 0. The van der Waals surface area contributed by atoms with Gasteiger partial charge >= 0.3 is 5.97 Å². The van der Waals surface area contributed by atoms with Crippen LogP contribution in [0.25, 0.3) is 0 Å². The first kappa shape index (κ1) is 15.6. The maximum Gasteiger partial charge on any atom is 0.333 e. The summed E-state index contributed by atoms with van der Waals surface area (Å²) in [6.45, 7) is 1.01. The summed E-state index contributed by atoms with van der Waals surface area (Å²) in [4.78, 5) is 12.9. The zero-order valence-corrected chi connectivity index (χ0v) is 12.9. The molecule has 1 aromatic carbocycles. The fraction of sp³-hybridized carbons (Fsp3) is 0.500. The number of rotatable bonds is 7. The SMILES string of the molecule is O=C(O)C1(n2nnc(CCOCc3ccccc3)n2)CCCC1. The molecule has 7 nitrogen and oxygen atoms in total. The summed E-state index contributed by atoms with van der Waals surface area (Å²) in [5.41, 5.74) is 0.0933. The van der Waals surface area contributed by atoms with Crippen molar-refractivity contribution in [2.45, 2.75) is 44.2 Å². The van der Waals surface area contributed by atoms with E-state index in [4.69, 9.17) is 4.74 Å². The van der Waals surface area contributed by atoms with Crippen molar-refractivity contribution >= 4 is 5.97 Å². The van der Waals surface area contributed by atoms with Crippen molar-refractivity contribution in [1.29, 1.82) is 0 Å². The van der Waals surface area contributed by atoms with Gasteiger partial charge in [-0.2, -0.15) is 0 Å². The monoisotopic (exact) mass is 316 g/mol. The number of carboxylic acids is 1. The van der Waals surface area contributed by atoms with Crippen LogP contribution in [0.2, 0.25) is 0 Å². The molecule has 1 N–H and O–H groups in total. The predicted molar refractivity (Wildman–Crippen MR) is 81.7 cm³/mol. The van der Waals surface area contributed by atoms with E-state index in [0.29, 0.717) is 38.3 Å². The van der Waals surface area contributed by atoms with Crippen LogP contribution in [0, 0.1) is 0 Å². The minimum atomic E-state index is -1.02. The van der Waals surface area contributed by atoms with Gasteiger partial charge in [0, 0.05) is 6.42 Å². The Balaban J connectivity index is 1.54. The lowest BCUT2D eigenvalue weighted by Gasteiger charge is -2.21. The van der Waals surface area contributed by atoms with Gasteiger partial charge in [-0.05, 0) is 23.6 Å². The first-order valence-corrected chi connectivity index (χ1v) is 7.85. The van der Waals surface area contributed by atoms with Crippen LogP contribution in [0.3, 0.4) is 0 Å². The lowest BCUT2D eigenvalue weighted by molar-refractivity contribution is -0.148. The molecule has 1 aromatic heterocycles. The molecule has 7 heteroatoms. The van der Waals surface area contributed by atoms with Gasteiger partial charge in [0.25, 0.3) is 0 Å². The molecule has 0 radical (unpaired) electrons. The van der Waals surface area contributed by atoms with Crippen LogP contribution in [-0.2, 0) is 28.1 Å². The molecule has 1 saturated carbocycles. The number of carboxylic acid groups (broad SMARTS) is 1. The van der Waals surface area contributed by atoms with E-state index in [2.05, 4.69) is 15.4 Å². The van der Waals surface area contributed by atoms with Crippen molar-refractivity contribution in [3.63, 3.8) is 0 Å². The minimum absolute atomic E-state index is 0.473. The Morgan fingerprint density at radius 1 is 1.26 bits per heavy atom. The number of benzene rings is 1. The lowest BCUT2D eigenvalue weighted by Crippen LogP contribution is -2.41. The van der Waals surface area contributed by atoms with E-state index in [9.17, 15) is 9.90 Å². The zero-order chi connectivity index (χ0) is 16.1. The average molecular weight is 316 g/mol. The fourth-order valence-corrected chi connectivity index (χ4v) is 2.91. The largest absolute Gasteiger partial charge is 0.479 e. The number of hydrogen-bond acceptors (Lipinski definition) is 5. The molecular weight excluding hydrogens is 296 g/mol.